The van der Waals surface area contributed by atoms with Gasteiger partial charge < -0.3 is 0 Å². The van der Waals surface area contributed by atoms with Gasteiger partial charge in [0.2, 0.25) is 0 Å². The molecule has 0 atom stereocenters. The fourth-order valence-electron chi connectivity index (χ4n) is 1.13. The van der Waals surface area contributed by atoms with Crippen LogP contribution >= 0.6 is 0 Å². The molecule has 76 valence electrons. The van der Waals surface area contributed by atoms with Crippen LogP contribution in [-0.2, 0) is 10.1 Å². The van der Waals surface area contributed by atoms with Crippen LogP contribution in [0.4, 0.5) is 0 Å². The molecule has 0 radical (unpaired) electrons. The van der Waals surface area contributed by atoms with Crippen LogP contribution in [-0.4, -0.2) is 18.8 Å². The molecule has 0 bridgehead atoms. The Bertz CT molecular complexity index is 474. The Labute approximate surface area is 82.3 Å². The van der Waals surface area contributed by atoms with Crippen molar-refractivity contribution in [2.24, 2.45) is 0 Å². The molecule has 0 amide bonds. The van der Waals surface area contributed by atoms with Gasteiger partial charge >= 0.3 is 0 Å². The minimum Gasteiger partial charge on any atom is -0.294 e. The van der Waals surface area contributed by atoms with Gasteiger partial charge in [-0.25, -0.2) is 0 Å². The molecule has 1 N–H and O–H groups in total. The van der Waals surface area contributed by atoms with Gasteiger partial charge in [0, 0.05) is 5.56 Å². The van der Waals surface area contributed by atoms with Crippen LogP contribution in [0.15, 0.2) is 23.1 Å². The summed E-state index contributed by atoms with van der Waals surface area (Å²) in [5, 5.41) is 0. The zero-order chi connectivity index (χ0) is 10.9. The van der Waals surface area contributed by atoms with Crippen molar-refractivity contribution in [2.75, 3.05) is 0 Å². The Morgan fingerprint density at radius 3 is 2.36 bits per heavy atom. The second-order valence-electron chi connectivity index (χ2n) is 3.03. The zero-order valence-corrected chi connectivity index (χ0v) is 8.63. The molecule has 0 spiro atoms. The highest BCUT2D eigenvalue weighted by Gasteiger charge is 2.17. The topological polar surface area (TPSA) is 71.4 Å². The molecule has 5 heteroatoms. The molecule has 1 aromatic carbocycles. The van der Waals surface area contributed by atoms with E-state index in [0.29, 0.717) is 5.56 Å². The van der Waals surface area contributed by atoms with Gasteiger partial charge in [0.15, 0.2) is 5.78 Å². The largest absolute Gasteiger partial charge is 0.295 e. The van der Waals surface area contributed by atoms with Crippen molar-refractivity contribution in [1.29, 1.82) is 0 Å². The van der Waals surface area contributed by atoms with Crippen LogP contribution < -0.4 is 0 Å². The van der Waals surface area contributed by atoms with Gasteiger partial charge in [-0.05, 0) is 31.5 Å². The van der Waals surface area contributed by atoms with Crippen LogP contribution in [0.5, 0.6) is 0 Å². The molecule has 14 heavy (non-hydrogen) atoms. The first-order valence-electron chi connectivity index (χ1n) is 3.91. The first-order valence-corrected chi connectivity index (χ1v) is 5.35. The summed E-state index contributed by atoms with van der Waals surface area (Å²) in [4.78, 5) is 10.7. The van der Waals surface area contributed by atoms with E-state index in [4.69, 9.17) is 4.55 Å². The highest BCUT2D eigenvalue weighted by molar-refractivity contribution is 7.86. The van der Waals surface area contributed by atoms with Crippen molar-refractivity contribution in [3.63, 3.8) is 0 Å². The Balaban J connectivity index is 3.54. The van der Waals surface area contributed by atoms with Crippen LogP contribution in [0.3, 0.4) is 0 Å². The highest BCUT2D eigenvalue weighted by Crippen LogP contribution is 2.17. The molecule has 0 aromatic heterocycles. The Morgan fingerprint density at radius 1 is 1.36 bits per heavy atom. The lowest BCUT2D eigenvalue weighted by Gasteiger charge is -2.04. The summed E-state index contributed by atoms with van der Waals surface area (Å²) in [5.74, 6) is -0.391. The summed E-state index contributed by atoms with van der Waals surface area (Å²) in [7, 11) is -4.32. The number of benzene rings is 1. The van der Waals surface area contributed by atoms with E-state index in [0.717, 1.165) is 0 Å². The normalized spacial score (nSPS) is 11.4. The van der Waals surface area contributed by atoms with Gasteiger partial charge in [-0.15, -0.1) is 0 Å². The minimum absolute atomic E-state index is 0.0121. The van der Waals surface area contributed by atoms with E-state index in [2.05, 4.69) is 0 Å². The average molecular weight is 214 g/mol. The number of hydrogen-bond donors (Lipinski definition) is 1. The summed E-state index contributed by atoms with van der Waals surface area (Å²) in [5.41, 5.74) is 0.681. The number of hydrogen-bond acceptors (Lipinski definition) is 3. The summed E-state index contributed by atoms with van der Waals surface area (Å²) >= 11 is 0. The van der Waals surface area contributed by atoms with Gasteiger partial charge in [-0.3, -0.25) is 9.35 Å². The van der Waals surface area contributed by atoms with E-state index >= 15 is 0 Å². The molecule has 0 fully saturated rings. The van der Waals surface area contributed by atoms with Crippen LogP contribution in [0.1, 0.15) is 22.8 Å². The molecule has 0 saturated heterocycles. The van der Waals surface area contributed by atoms with E-state index in [1.54, 1.807) is 13.0 Å². The summed E-state index contributed by atoms with van der Waals surface area (Å²) in [6.07, 6.45) is 0. The monoisotopic (exact) mass is 214 g/mol. The van der Waals surface area contributed by atoms with Crippen molar-refractivity contribution < 1.29 is 17.8 Å². The lowest BCUT2D eigenvalue weighted by molar-refractivity contribution is 0.101. The van der Waals surface area contributed by atoms with Crippen molar-refractivity contribution in [3.8, 4) is 0 Å². The molecule has 4 nitrogen and oxygen atoms in total. The number of aryl methyl sites for hydroxylation is 1. The third-order valence-electron chi connectivity index (χ3n) is 1.79. The molecule has 1 aromatic rings. The van der Waals surface area contributed by atoms with Gasteiger partial charge in [0.05, 0.1) is 0 Å². The standard InChI is InChI=1S/C9H10O4S/c1-6-3-4-8(7(2)10)9(5-6)14(11,12)13/h3-5H,1-2H3,(H,11,12,13). The molecule has 0 aliphatic heterocycles. The molecule has 0 aliphatic carbocycles. The van der Waals surface area contributed by atoms with Crippen molar-refractivity contribution >= 4 is 15.9 Å². The number of carbonyl (C=O) groups excluding carboxylic acids is 1. The summed E-state index contributed by atoms with van der Waals surface area (Å²) in [6, 6.07) is 4.28. The maximum atomic E-state index is 11.0. The lowest BCUT2D eigenvalue weighted by atomic mass is 10.1. The van der Waals surface area contributed by atoms with Gasteiger partial charge in [0.25, 0.3) is 10.1 Å². The molecule has 0 unspecified atom stereocenters. The predicted octanol–water partition coefficient (Wildman–Crippen LogP) is 1.44. The number of Topliss-reactive ketones (excluding diaryl/α,β-unsaturated/α-hetero) is 1. The van der Waals surface area contributed by atoms with Gasteiger partial charge in [0.1, 0.15) is 4.90 Å². The maximum Gasteiger partial charge on any atom is 0.295 e. The Hall–Kier alpha value is -1.20. The van der Waals surface area contributed by atoms with Crippen molar-refractivity contribution in [2.45, 2.75) is 18.7 Å². The number of ketones is 1. The first kappa shape index (κ1) is 10.9. The molecular weight excluding hydrogens is 204 g/mol. The van der Waals surface area contributed by atoms with E-state index in [-0.39, 0.29) is 10.5 Å². The minimum atomic E-state index is -4.32. The van der Waals surface area contributed by atoms with E-state index in [9.17, 15) is 13.2 Å². The van der Waals surface area contributed by atoms with E-state index < -0.39 is 15.9 Å². The zero-order valence-electron chi connectivity index (χ0n) is 7.81. The van der Waals surface area contributed by atoms with Crippen LogP contribution in [0, 0.1) is 6.92 Å². The fraction of sp³-hybridized carbons (Fsp3) is 0.222. The Kier molecular flexibility index (Phi) is 2.73. The average Bonchev–Trinajstić information content (AvgIpc) is 2.01. The Morgan fingerprint density at radius 2 is 1.93 bits per heavy atom. The maximum absolute atomic E-state index is 11.0. The highest BCUT2D eigenvalue weighted by atomic mass is 32.2. The molecule has 0 heterocycles. The fourth-order valence-corrected chi connectivity index (χ4v) is 1.96. The first-order chi connectivity index (χ1) is 6.32. The SMILES string of the molecule is CC(=O)c1ccc(C)cc1S(=O)(=O)O. The molecule has 1 rings (SSSR count). The number of carbonyl (C=O) groups is 1. The molecule has 0 saturated carbocycles. The second-order valence-corrected chi connectivity index (χ2v) is 4.42. The molecular formula is C9H10O4S. The number of rotatable bonds is 2. The predicted molar refractivity (Wildman–Crippen MR) is 51.0 cm³/mol. The smallest absolute Gasteiger partial charge is 0.294 e. The summed E-state index contributed by atoms with van der Waals surface area (Å²) in [6.45, 7) is 2.93. The van der Waals surface area contributed by atoms with Gasteiger partial charge in [-0.2, -0.15) is 8.42 Å². The van der Waals surface area contributed by atoms with Crippen molar-refractivity contribution in [1.82, 2.24) is 0 Å². The molecule has 0 aliphatic rings. The third-order valence-corrected chi connectivity index (χ3v) is 2.69. The van der Waals surface area contributed by atoms with Crippen molar-refractivity contribution in [3.05, 3.63) is 29.3 Å². The quantitative estimate of drug-likeness (QED) is 0.597. The summed E-state index contributed by atoms with van der Waals surface area (Å²) < 4.78 is 30.7. The van der Waals surface area contributed by atoms with E-state index in [1.807, 2.05) is 0 Å². The van der Waals surface area contributed by atoms with Crippen LogP contribution in [0.25, 0.3) is 0 Å². The van der Waals surface area contributed by atoms with Crippen LogP contribution in [0.2, 0.25) is 0 Å². The van der Waals surface area contributed by atoms with E-state index in [1.165, 1.54) is 19.1 Å². The second kappa shape index (κ2) is 3.51. The van der Waals surface area contributed by atoms with Gasteiger partial charge in [-0.1, -0.05) is 6.07 Å². The third kappa shape index (κ3) is 2.18. The lowest BCUT2D eigenvalue weighted by Crippen LogP contribution is -2.06.